The van der Waals surface area contributed by atoms with E-state index >= 15 is 0 Å². The molecule has 0 aliphatic carbocycles. The van der Waals surface area contributed by atoms with Crippen molar-refractivity contribution in [2.24, 2.45) is 5.41 Å². The first-order valence-electron chi connectivity index (χ1n) is 9.08. The lowest BCUT2D eigenvalue weighted by Crippen LogP contribution is -2.58. The summed E-state index contributed by atoms with van der Waals surface area (Å²) in [4.78, 5) is 12.5. The molecule has 0 aromatic rings. The van der Waals surface area contributed by atoms with E-state index in [0.717, 1.165) is 0 Å². The summed E-state index contributed by atoms with van der Waals surface area (Å²) in [6, 6.07) is 0. The number of rotatable bonds is 4. The highest BCUT2D eigenvalue weighted by Crippen LogP contribution is 2.52. The molecule has 0 aromatic heterocycles. The van der Waals surface area contributed by atoms with Crippen LogP contribution in [0.5, 0.6) is 0 Å². The molecule has 0 spiro atoms. The first-order valence-corrected chi connectivity index (χ1v) is 9.08. The zero-order valence-electron chi connectivity index (χ0n) is 16.5. The number of aliphatic hydroxyl groups is 1. The monoisotopic (exact) mass is 374 g/mol. The fourth-order valence-electron chi connectivity index (χ4n) is 3.80. The van der Waals surface area contributed by atoms with Crippen LogP contribution >= 0.6 is 0 Å². The lowest BCUT2D eigenvalue weighted by atomic mass is 9.79. The van der Waals surface area contributed by atoms with Crippen LogP contribution in [-0.4, -0.2) is 66.1 Å². The minimum absolute atomic E-state index is 0.201. The standard InChI is InChI=1S/C18H30O8/c1-8-21-14(19)15(2,3)18(20)13-12(24-17(6,7)26-13)11(25-18)10-9-22-16(4,5)23-10/h10-13,20H,8-9H2,1-7H3/t10-,11+,12-,13-,18?/m0/s1. The molecule has 0 radical (unpaired) electrons. The second kappa shape index (κ2) is 6.12. The van der Waals surface area contributed by atoms with Gasteiger partial charge in [0.1, 0.15) is 29.8 Å². The number of hydrogen-bond donors (Lipinski definition) is 1. The van der Waals surface area contributed by atoms with Crippen molar-refractivity contribution in [1.29, 1.82) is 0 Å². The van der Waals surface area contributed by atoms with Gasteiger partial charge in [-0.1, -0.05) is 0 Å². The molecule has 0 bridgehead atoms. The maximum Gasteiger partial charge on any atom is 0.317 e. The number of ether oxygens (including phenoxy) is 6. The van der Waals surface area contributed by atoms with Crippen molar-refractivity contribution in [3.63, 3.8) is 0 Å². The van der Waals surface area contributed by atoms with Crippen molar-refractivity contribution < 1.29 is 38.3 Å². The minimum Gasteiger partial charge on any atom is -0.465 e. The Morgan fingerprint density at radius 2 is 1.73 bits per heavy atom. The van der Waals surface area contributed by atoms with Gasteiger partial charge in [0, 0.05) is 0 Å². The molecule has 3 aliphatic heterocycles. The van der Waals surface area contributed by atoms with Gasteiger partial charge in [0.2, 0.25) is 5.79 Å². The summed E-state index contributed by atoms with van der Waals surface area (Å²) in [6.45, 7) is 12.5. The van der Waals surface area contributed by atoms with Gasteiger partial charge in [0.15, 0.2) is 11.6 Å². The van der Waals surface area contributed by atoms with E-state index in [1.165, 1.54) is 0 Å². The van der Waals surface area contributed by atoms with Crippen LogP contribution in [-0.2, 0) is 33.2 Å². The highest BCUT2D eigenvalue weighted by atomic mass is 16.8. The summed E-state index contributed by atoms with van der Waals surface area (Å²) in [5, 5.41) is 11.5. The van der Waals surface area contributed by atoms with E-state index in [-0.39, 0.29) is 6.61 Å². The number of carbonyl (C=O) groups is 1. The molecular formula is C18H30O8. The molecule has 1 N–H and O–H groups in total. The van der Waals surface area contributed by atoms with Crippen molar-refractivity contribution in [1.82, 2.24) is 0 Å². The summed E-state index contributed by atoms with van der Waals surface area (Å²) in [5.74, 6) is -4.18. The van der Waals surface area contributed by atoms with Crippen molar-refractivity contribution >= 4 is 5.97 Å². The van der Waals surface area contributed by atoms with E-state index in [0.29, 0.717) is 6.61 Å². The second-order valence-corrected chi connectivity index (χ2v) is 8.51. The molecule has 3 aliphatic rings. The minimum atomic E-state index is -1.93. The Kier molecular flexibility index (Phi) is 4.70. The number of esters is 1. The maximum absolute atomic E-state index is 12.5. The third kappa shape index (κ3) is 3.06. The van der Waals surface area contributed by atoms with Gasteiger partial charge < -0.3 is 33.5 Å². The summed E-state index contributed by atoms with van der Waals surface area (Å²) in [7, 11) is 0. The number of carbonyl (C=O) groups excluding carboxylic acids is 1. The highest BCUT2D eigenvalue weighted by Gasteiger charge is 2.71. The molecule has 8 nitrogen and oxygen atoms in total. The Morgan fingerprint density at radius 3 is 2.27 bits per heavy atom. The quantitative estimate of drug-likeness (QED) is 0.737. The van der Waals surface area contributed by atoms with Crippen LogP contribution in [0, 0.1) is 5.41 Å². The Labute approximate surface area is 154 Å². The van der Waals surface area contributed by atoms with Crippen LogP contribution in [0.25, 0.3) is 0 Å². The maximum atomic E-state index is 12.5. The van der Waals surface area contributed by atoms with Crippen LogP contribution in [0.3, 0.4) is 0 Å². The largest absolute Gasteiger partial charge is 0.465 e. The van der Waals surface area contributed by atoms with Crippen LogP contribution in [0.2, 0.25) is 0 Å². The molecule has 3 heterocycles. The highest BCUT2D eigenvalue weighted by molar-refractivity contribution is 5.77. The smallest absolute Gasteiger partial charge is 0.317 e. The molecule has 1 unspecified atom stereocenters. The first kappa shape index (κ1) is 20.0. The van der Waals surface area contributed by atoms with Crippen molar-refractivity contribution in [3.8, 4) is 0 Å². The SMILES string of the molecule is CCOC(=O)C(C)(C)C1(O)O[C@H]([C@@H]2COC(C)(C)O2)[C@@H]2OC(C)(C)O[C@@H]21. The molecule has 3 fully saturated rings. The Hall–Kier alpha value is -0.770. The molecule has 0 saturated carbocycles. The van der Waals surface area contributed by atoms with Crippen molar-refractivity contribution in [2.75, 3.05) is 13.2 Å². The molecule has 26 heavy (non-hydrogen) atoms. The predicted octanol–water partition coefficient (Wildman–Crippen LogP) is 1.33. The van der Waals surface area contributed by atoms with Gasteiger partial charge in [0.25, 0.3) is 0 Å². The molecule has 0 aromatic carbocycles. The van der Waals surface area contributed by atoms with E-state index in [1.54, 1.807) is 34.6 Å². The lowest BCUT2D eigenvalue weighted by molar-refractivity contribution is -0.319. The second-order valence-electron chi connectivity index (χ2n) is 8.51. The molecule has 0 amide bonds. The average molecular weight is 374 g/mol. The molecule has 3 rings (SSSR count). The molecule has 150 valence electrons. The molecule has 5 atom stereocenters. The predicted molar refractivity (Wildman–Crippen MR) is 89.0 cm³/mol. The van der Waals surface area contributed by atoms with Gasteiger partial charge >= 0.3 is 5.97 Å². The Bertz CT molecular complexity index is 572. The van der Waals surface area contributed by atoms with E-state index < -0.39 is 53.2 Å². The van der Waals surface area contributed by atoms with Crippen LogP contribution in [0.15, 0.2) is 0 Å². The van der Waals surface area contributed by atoms with E-state index in [4.69, 9.17) is 28.4 Å². The normalized spacial score (nSPS) is 41.2. The third-order valence-corrected chi connectivity index (χ3v) is 5.23. The van der Waals surface area contributed by atoms with E-state index in [2.05, 4.69) is 0 Å². The fourth-order valence-corrected chi connectivity index (χ4v) is 3.80. The molecule has 8 heteroatoms. The lowest BCUT2D eigenvalue weighted by Gasteiger charge is -2.40. The zero-order valence-corrected chi connectivity index (χ0v) is 16.5. The van der Waals surface area contributed by atoms with Crippen molar-refractivity contribution in [2.45, 2.75) is 90.2 Å². The average Bonchev–Trinajstić information content (AvgIpc) is 3.11. The Balaban J connectivity index is 1.93. The van der Waals surface area contributed by atoms with Gasteiger partial charge in [-0.3, -0.25) is 4.79 Å². The van der Waals surface area contributed by atoms with Gasteiger partial charge in [-0.2, -0.15) is 0 Å². The molecule has 3 saturated heterocycles. The van der Waals surface area contributed by atoms with Crippen molar-refractivity contribution in [3.05, 3.63) is 0 Å². The third-order valence-electron chi connectivity index (χ3n) is 5.23. The number of hydrogen-bond acceptors (Lipinski definition) is 8. The summed E-state index contributed by atoms with van der Waals surface area (Å²) in [6.07, 6.45) is -2.58. The first-order chi connectivity index (χ1) is 11.8. The zero-order chi connectivity index (χ0) is 19.5. The summed E-state index contributed by atoms with van der Waals surface area (Å²) in [5.41, 5.74) is -1.38. The fraction of sp³-hybridized carbons (Fsp3) is 0.944. The van der Waals surface area contributed by atoms with Gasteiger partial charge in [-0.25, -0.2) is 0 Å². The summed E-state index contributed by atoms with van der Waals surface area (Å²) >= 11 is 0. The van der Waals surface area contributed by atoms with Crippen LogP contribution in [0.4, 0.5) is 0 Å². The van der Waals surface area contributed by atoms with Gasteiger partial charge in [-0.15, -0.1) is 0 Å². The number of fused-ring (bicyclic) bond motifs is 1. The van der Waals surface area contributed by atoms with E-state index in [1.807, 2.05) is 13.8 Å². The summed E-state index contributed by atoms with van der Waals surface area (Å²) < 4.78 is 34.7. The Morgan fingerprint density at radius 1 is 1.08 bits per heavy atom. The topological polar surface area (TPSA) is 92.7 Å². The van der Waals surface area contributed by atoms with Gasteiger partial charge in [0.05, 0.1) is 13.2 Å². The molecular weight excluding hydrogens is 344 g/mol. The van der Waals surface area contributed by atoms with E-state index in [9.17, 15) is 9.90 Å². The van der Waals surface area contributed by atoms with Gasteiger partial charge in [-0.05, 0) is 48.5 Å². The van der Waals surface area contributed by atoms with Crippen LogP contribution < -0.4 is 0 Å². The van der Waals surface area contributed by atoms with Crippen LogP contribution in [0.1, 0.15) is 48.5 Å².